The van der Waals surface area contributed by atoms with Crippen LogP contribution in [0.2, 0.25) is 0 Å². The van der Waals surface area contributed by atoms with Crippen LogP contribution in [0.5, 0.6) is 5.75 Å². The van der Waals surface area contributed by atoms with Crippen LogP contribution >= 0.6 is 0 Å². The first-order valence-corrected chi connectivity index (χ1v) is 9.13. The van der Waals surface area contributed by atoms with Crippen LogP contribution in [0.1, 0.15) is 34.3 Å². The molecule has 6 nitrogen and oxygen atoms in total. The lowest BCUT2D eigenvalue weighted by Gasteiger charge is -2.35. The van der Waals surface area contributed by atoms with Crippen molar-refractivity contribution < 1.29 is 14.4 Å². The summed E-state index contributed by atoms with van der Waals surface area (Å²) in [4.78, 5) is 25.3. The molecular formula is C21H23N3O3. The molecule has 27 heavy (non-hydrogen) atoms. The quantitative estimate of drug-likeness (QED) is 0.908. The van der Waals surface area contributed by atoms with E-state index in [2.05, 4.69) is 24.5 Å². The van der Waals surface area contributed by atoms with E-state index in [1.807, 2.05) is 35.2 Å². The maximum absolute atomic E-state index is 12.8. The number of aryl methyl sites for hydroxylation is 1. The molecule has 6 heteroatoms. The average Bonchev–Trinajstić information content (AvgIpc) is 3.12. The molecule has 2 heterocycles. The molecule has 1 spiro atoms. The molecule has 4 rings (SSSR count). The molecule has 140 valence electrons. The number of piperidine rings is 1. The maximum atomic E-state index is 12.8. The van der Waals surface area contributed by atoms with Crippen molar-refractivity contribution in [2.75, 3.05) is 20.2 Å². The minimum absolute atomic E-state index is 0.0115. The third-order valence-electron chi connectivity index (χ3n) is 5.13. The minimum Gasteiger partial charge on any atom is -0.497 e. The van der Waals surface area contributed by atoms with Gasteiger partial charge < -0.3 is 9.64 Å². The number of likely N-dealkylation sites (tertiary alicyclic amines) is 1. The Hall–Kier alpha value is -2.86. The van der Waals surface area contributed by atoms with E-state index >= 15 is 0 Å². The fourth-order valence-corrected chi connectivity index (χ4v) is 3.44. The Balaban J connectivity index is 1.44. The number of amidine groups is 1. The predicted octanol–water partition coefficient (Wildman–Crippen LogP) is 2.92. The number of rotatable bonds is 3. The smallest absolute Gasteiger partial charge is 0.253 e. The minimum atomic E-state index is -0.592. The van der Waals surface area contributed by atoms with E-state index in [9.17, 15) is 4.79 Å². The summed E-state index contributed by atoms with van der Waals surface area (Å²) in [6.07, 6.45) is 1.32. The zero-order valence-corrected chi connectivity index (χ0v) is 15.6. The molecule has 2 aromatic carbocycles. The number of amides is 1. The third kappa shape index (κ3) is 3.53. The molecule has 0 aliphatic carbocycles. The summed E-state index contributed by atoms with van der Waals surface area (Å²) in [5.74, 6) is 1.45. The van der Waals surface area contributed by atoms with Crippen LogP contribution in [0.15, 0.2) is 53.5 Å². The number of hydrogen-bond donors (Lipinski definition) is 1. The molecule has 0 saturated carbocycles. The second kappa shape index (κ2) is 7.04. The SMILES string of the molecule is COc1cccc(C(=O)N2CCC3(CC2)N=C(c2ccc(C)cc2)NO3)c1. The molecule has 0 unspecified atom stereocenters. The zero-order valence-electron chi connectivity index (χ0n) is 15.6. The summed E-state index contributed by atoms with van der Waals surface area (Å²) >= 11 is 0. The summed E-state index contributed by atoms with van der Waals surface area (Å²) < 4.78 is 5.21. The first-order chi connectivity index (χ1) is 13.1. The van der Waals surface area contributed by atoms with Gasteiger partial charge in [0.25, 0.3) is 5.91 Å². The highest BCUT2D eigenvalue weighted by Crippen LogP contribution is 2.31. The Morgan fingerprint density at radius 3 is 2.63 bits per heavy atom. The van der Waals surface area contributed by atoms with Crippen LogP contribution in [-0.4, -0.2) is 42.6 Å². The molecule has 1 amide bonds. The standard InChI is InChI=1S/C21H23N3O3/c1-15-6-8-16(9-7-15)19-22-21(27-23-19)10-12-24(13-11-21)20(25)17-4-3-5-18(14-17)26-2/h3-9,14H,10-13H2,1-2H3,(H,22,23). The summed E-state index contributed by atoms with van der Waals surface area (Å²) in [5.41, 5.74) is 5.23. The average molecular weight is 365 g/mol. The Kier molecular flexibility index (Phi) is 4.58. The number of nitrogens with zero attached hydrogens (tertiary/aromatic N) is 2. The van der Waals surface area contributed by atoms with Gasteiger partial charge in [-0.25, -0.2) is 15.3 Å². The van der Waals surface area contributed by atoms with E-state index in [1.54, 1.807) is 13.2 Å². The summed E-state index contributed by atoms with van der Waals surface area (Å²) in [6, 6.07) is 15.4. The summed E-state index contributed by atoms with van der Waals surface area (Å²) in [5, 5.41) is 0. The topological polar surface area (TPSA) is 63.2 Å². The van der Waals surface area contributed by atoms with Crippen molar-refractivity contribution in [3.8, 4) is 5.75 Å². The lowest BCUT2D eigenvalue weighted by molar-refractivity contribution is -0.0849. The first-order valence-electron chi connectivity index (χ1n) is 9.13. The maximum Gasteiger partial charge on any atom is 0.253 e. The van der Waals surface area contributed by atoms with Gasteiger partial charge in [-0.05, 0) is 25.1 Å². The van der Waals surface area contributed by atoms with Gasteiger partial charge in [0.2, 0.25) is 0 Å². The number of methoxy groups -OCH3 is 1. The van der Waals surface area contributed by atoms with E-state index < -0.39 is 5.72 Å². The lowest BCUT2D eigenvalue weighted by atomic mass is 10.00. The molecule has 2 aliphatic heterocycles. The van der Waals surface area contributed by atoms with Crippen LogP contribution in [0.3, 0.4) is 0 Å². The van der Waals surface area contributed by atoms with Crippen LogP contribution in [-0.2, 0) is 4.84 Å². The Labute approximate surface area is 158 Å². The molecule has 0 radical (unpaired) electrons. The van der Waals surface area contributed by atoms with Crippen molar-refractivity contribution in [1.29, 1.82) is 0 Å². The van der Waals surface area contributed by atoms with Gasteiger partial charge in [-0.2, -0.15) is 0 Å². The van der Waals surface area contributed by atoms with Gasteiger partial charge in [-0.1, -0.05) is 35.9 Å². The highest BCUT2D eigenvalue weighted by atomic mass is 16.7. The second-order valence-corrected chi connectivity index (χ2v) is 7.00. The highest BCUT2D eigenvalue weighted by molar-refractivity contribution is 5.99. The normalized spacial score (nSPS) is 18.1. The number of hydrogen-bond acceptors (Lipinski definition) is 5. The van der Waals surface area contributed by atoms with Crippen molar-refractivity contribution >= 4 is 11.7 Å². The number of ether oxygens (including phenoxy) is 1. The fourth-order valence-electron chi connectivity index (χ4n) is 3.44. The van der Waals surface area contributed by atoms with Gasteiger partial charge >= 0.3 is 0 Å². The third-order valence-corrected chi connectivity index (χ3v) is 5.13. The highest BCUT2D eigenvalue weighted by Gasteiger charge is 2.41. The van der Waals surface area contributed by atoms with Crippen molar-refractivity contribution in [1.82, 2.24) is 10.4 Å². The number of benzene rings is 2. The van der Waals surface area contributed by atoms with Gasteiger partial charge in [-0.3, -0.25) is 4.79 Å². The van der Waals surface area contributed by atoms with Crippen molar-refractivity contribution in [3.05, 3.63) is 65.2 Å². The number of carbonyl (C=O) groups is 1. The van der Waals surface area contributed by atoms with Gasteiger partial charge in [0.15, 0.2) is 11.6 Å². The van der Waals surface area contributed by atoms with E-state index in [0.29, 0.717) is 37.2 Å². The van der Waals surface area contributed by atoms with E-state index in [0.717, 1.165) is 11.4 Å². The Morgan fingerprint density at radius 1 is 1.19 bits per heavy atom. The summed E-state index contributed by atoms with van der Waals surface area (Å²) in [7, 11) is 1.60. The van der Waals surface area contributed by atoms with Gasteiger partial charge in [0.1, 0.15) is 5.75 Å². The molecule has 1 saturated heterocycles. The molecule has 0 atom stereocenters. The van der Waals surface area contributed by atoms with Crippen LogP contribution in [0.25, 0.3) is 0 Å². The van der Waals surface area contributed by atoms with Crippen molar-refractivity contribution in [2.24, 2.45) is 4.99 Å². The van der Waals surface area contributed by atoms with Gasteiger partial charge in [0, 0.05) is 37.1 Å². The fraction of sp³-hybridized carbons (Fsp3) is 0.333. The molecule has 1 fully saturated rings. The Morgan fingerprint density at radius 2 is 1.93 bits per heavy atom. The molecule has 0 aromatic heterocycles. The summed E-state index contributed by atoms with van der Waals surface area (Å²) in [6.45, 7) is 3.26. The van der Waals surface area contributed by atoms with Crippen LogP contribution in [0.4, 0.5) is 0 Å². The first kappa shape index (κ1) is 17.5. The number of hydroxylamine groups is 1. The van der Waals surface area contributed by atoms with E-state index in [4.69, 9.17) is 14.6 Å². The molecule has 2 aliphatic rings. The monoisotopic (exact) mass is 365 g/mol. The largest absolute Gasteiger partial charge is 0.497 e. The van der Waals surface area contributed by atoms with E-state index in [1.165, 1.54) is 5.56 Å². The predicted molar refractivity (Wildman–Crippen MR) is 103 cm³/mol. The molecule has 1 N–H and O–H groups in total. The molecule has 0 bridgehead atoms. The van der Waals surface area contributed by atoms with E-state index in [-0.39, 0.29) is 5.91 Å². The van der Waals surface area contributed by atoms with Gasteiger partial charge in [0.05, 0.1) is 7.11 Å². The van der Waals surface area contributed by atoms with Crippen LogP contribution < -0.4 is 10.2 Å². The lowest BCUT2D eigenvalue weighted by Crippen LogP contribution is -2.46. The number of nitrogens with one attached hydrogen (secondary N) is 1. The molecular weight excluding hydrogens is 342 g/mol. The second-order valence-electron chi connectivity index (χ2n) is 7.00. The molecule has 2 aromatic rings. The number of aliphatic imine (C=N–C) groups is 1. The Bertz CT molecular complexity index is 868. The van der Waals surface area contributed by atoms with Crippen LogP contribution in [0, 0.1) is 6.92 Å². The zero-order chi connectivity index (χ0) is 18.9. The van der Waals surface area contributed by atoms with Gasteiger partial charge in [-0.15, -0.1) is 0 Å². The number of carbonyl (C=O) groups excluding carboxylic acids is 1. The van der Waals surface area contributed by atoms with Crippen molar-refractivity contribution in [3.63, 3.8) is 0 Å². The van der Waals surface area contributed by atoms with Crippen molar-refractivity contribution in [2.45, 2.75) is 25.5 Å².